The SMILES string of the molecule is CCCCCC/C=C\C/C=C\CCCCCCCCCC(=O)OC(COC(=O)CCCCCCCCCCCCCCC/C=C\CCCCCCCCCC)COC(=O)CCCCCCCCCCCCCCCCC. The van der Waals surface area contributed by atoms with Crippen molar-refractivity contribution in [1.29, 1.82) is 0 Å². The van der Waals surface area contributed by atoms with Crippen molar-refractivity contribution in [1.82, 2.24) is 0 Å². The van der Waals surface area contributed by atoms with E-state index >= 15 is 0 Å². The smallest absolute Gasteiger partial charge is 0.306 e. The second-order valence-electron chi connectivity index (χ2n) is 23.1. The van der Waals surface area contributed by atoms with Crippen LogP contribution < -0.4 is 0 Å². The minimum atomic E-state index is -0.774. The van der Waals surface area contributed by atoms with Crippen molar-refractivity contribution in [3.05, 3.63) is 36.5 Å². The molecular weight excluding hydrogens is 937 g/mol. The van der Waals surface area contributed by atoms with Crippen molar-refractivity contribution in [2.75, 3.05) is 13.2 Å². The second-order valence-corrected chi connectivity index (χ2v) is 23.1. The molecule has 0 saturated heterocycles. The summed E-state index contributed by atoms with van der Waals surface area (Å²) in [5.41, 5.74) is 0. The lowest BCUT2D eigenvalue weighted by Gasteiger charge is -2.18. The molecule has 0 radical (unpaired) electrons. The number of carbonyl (C=O) groups excluding carboxylic acids is 3. The molecule has 6 heteroatoms. The van der Waals surface area contributed by atoms with E-state index < -0.39 is 6.10 Å². The highest BCUT2D eigenvalue weighted by Gasteiger charge is 2.19. The van der Waals surface area contributed by atoms with Crippen LogP contribution >= 0.6 is 0 Å². The van der Waals surface area contributed by atoms with E-state index in [1.54, 1.807) is 0 Å². The molecule has 446 valence electrons. The van der Waals surface area contributed by atoms with Gasteiger partial charge in [-0.05, 0) is 77.0 Å². The molecule has 0 rings (SSSR count). The molecule has 1 atom stereocenters. The molecule has 1 unspecified atom stereocenters. The minimum Gasteiger partial charge on any atom is -0.462 e. The molecule has 6 nitrogen and oxygen atoms in total. The Hall–Kier alpha value is -2.37. The maximum absolute atomic E-state index is 12.9. The first-order valence-electron chi connectivity index (χ1n) is 34.0. The Labute approximate surface area is 474 Å². The van der Waals surface area contributed by atoms with Crippen molar-refractivity contribution < 1.29 is 28.6 Å². The number of hydrogen-bond acceptors (Lipinski definition) is 6. The van der Waals surface area contributed by atoms with Crippen molar-refractivity contribution in [3.63, 3.8) is 0 Å². The summed E-state index contributed by atoms with van der Waals surface area (Å²) in [5, 5.41) is 0. The van der Waals surface area contributed by atoms with Crippen molar-refractivity contribution in [2.24, 2.45) is 0 Å². The molecule has 0 N–H and O–H groups in total. The molecule has 0 bridgehead atoms. The van der Waals surface area contributed by atoms with Gasteiger partial charge in [-0.1, -0.05) is 314 Å². The Morgan fingerprint density at radius 2 is 0.474 bits per heavy atom. The lowest BCUT2D eigenvalue weighted by molar-refractivity contribution is -0.167. The van der Waals surface area contributed by atoms with Crippen molar-refractivity contribution in [3.8, 4) is 0 Å². The standard InChI is InChI=1S/C70H130O6/c1-4-7-10-13-16-19-22-25-28-30-32-33-34-35-36-37-38-40-42-45-48-51-54-57-60-63-69(72)75-66-67(65-74-68(71)62-59-56-53-50-47-44-41-27-24-21-18-15-12-9-6-3)76-70(73)64-61-58-55-52-49-46-43-39-31-29-26-23-20-17-14-11-8-5-2/h20,23,29-32,67H,4-19,21-22,24-28,33-66H2,1-3H3/b23-20-,31-29-,32-30-. The van der Waals surface area contributed by atoms with Gasteiger partial charge in [0.05, 0.1) is 0 Å². The van der Waals surface area contributed by atoms with Crippen LogP contribution in [0.2, 0.25) is 0 Å². The summed E-state index contributed by atoms with van der Waals surface area (Å²) in [7, 11) is 0. The number of ether oxygens (including phenoxy) is 3. The molecule has 0 aliphatic heterocycles. The fraction of sp³-hybridized carbons (Fsp3) is 0.871. The van der Waals surface area contributed by atoms with Gasteiger partial charge in [0.1, 0.15) is 13.2 Å². The lowest BCUT2D eigenvalue weighted by Crippen LogP contribution is -2.30. The molecule has 0 spiro atoms. The summed E-state index contributed by atoms with van der Waals surface area (Å²) in [6, 6.07) is 0. The molecular formula is C70H130O6. The fourth-order valence-corrected chi connectivity index (χ4v) is 10.2. The van der Waals surface area contributed by atoms with Crippen LogP contribution in [-0.2, 0) is 28.6 Å². The Balaban J connectivity index is 4.27. The largest absolute Gasteiger partial charge is 0.462 e. The summed E-state index contributed by atoms with van der Waals surface area (Å²) in [5.74, 6) is -0.852. The van der Waals surface area contributed by atoms with Crippen molar-refractivity contribution in [2.45, 2.75) is 380 Å². The van der Waals surface area contributed by atoms with Gasteiger partial charge < -0.3 is 14.2 Å². The highest BCUT2D eigenvalue weighted by atomic mass is 16.6. The van der Waals surface area contributed by atoms with E-state index in [1.807, 2.05) is 0 Å². The quantitative estimate of drug-likeness (QED) is 0.0261. The van der Waals surface area contributed by atoms with Crippen molar-refractivity contribution >= 4 is 17.9 Å². The maximum atomic E-state index is 12.9. The van der Waals surface area contributed by atoms with Gasteiger partial charge in [0.25, 0.3) is 0 Å². The molecule has 0 aromatic heterocycles. The first kappa shape index (κ1) is 73.6. The summed E-state index contributed by atoms with van der Waals surface area (Å²) in [4.78, 5) is 38.4. The van der Waals surface area contributed by atoms with Gasteiger partial charge in [0.15, 0.2) is 6.10 Å². The van der Waals surface area contributed by atoms with E-state index in [9.17, 15) is 14.4 Å². The molecule has 0 heterocycles. The molecule has 0 aromatic rings. The lowest BCUT2D eigenvalue weighted by atomic mass is 10.0. The van der Waals surface area contributed by atoms with E-state index in [0.717, 1.165) is 70.6 Å². The van der Waals surface area contributed by atoms with Gasteiger partial charge >= 0.3 is 17.9 Å². The minimum absolute atomic E-state index is 0.0705. The predicted octanol–water partition coefficient (Wildman–Crippen LogP) is 23.2. The zero-order valence-corrected chi connectivity index (χ0v) is 51.3. The van der Waals surface area contributed by atoms with Crippen LogP contribution in [0.5, 0.6) is 0 Å². The number of unbranched alkanes of at least 4 members (excludes halogenated alkanes) is 46. The van der Waals surface area contributed by atoms with Gasteiger partial charge in [0.2, 0.25) is 0 Å². The molecule has 0 fully saturated rings. The summed E-state index contributed by atoms with van der Waals surface area (Å²) >= 11 is 0. The monoisotopic (exact) mass is 1070 g/mol. The normalized spacial score (nSPS) is 12.2. The van der Waals surface area contributed by atoms with E-state index in [0.29, 0.717) is 19.3 Å². The second kappa shape index (κ2) is 65.2. The van der Waals surface area contributed by atoms with Gasteiger partial charge in [-0.2, -0.15) is 0 Å². The van der Waals surface area contributed by atoms with Crippen LogP contribution in [0, 0.1) is 0 Å². The van der Waals surface area contributed by atoms with Crippen LogP contribution in [-0.4, -0.2) is 37.2 Å². The molecule has 0 amide bonds. The number of allylic oxidation sites excluding steroid dienone is 6. The molecule has 0 aromatic carbocycles. The molecule has 0 saturated carbocycles. The molecule has 0 aliphatic rings. The Bertz CT molecular complexity index is 1270. The summed E-state index contributed by atoms with van der Waals surface area (Å²) < 4.78 is 17.0. The van der Waals surface area contributed by atoms with Gasteiger partial charge in [0, 0.05) is 19.3 Å². The Kier molecular flexibility index (Phi) is 63.1. The van der Waals surface area contributed by atoms with Gasteiger partial charge in [-0.25, -0.2) is 0 Å². The van der Waals surface area contributed by atoms with Crippen LogP contribution in [0.25, 0.3) is 0 Å². The highest BCUT2D eigenvalue weighted by Crippen LogP contribution is 2.18. The third-order valence-corrected chi connectivity index (χ3v) is 15.4. The van der Waals surface area contributed by atoms with Crippen LogP contribution in [0.4, 0.5) is 0 Å². The third-order valence-electron chi connectivity index (χ3n) is 15.4. The van der Waals surface area contributed by atoms with Gasteiger partial charge in [-0.3, -0.25) is 14.4 Å². The Morgan fingerprint density at radius 1 is 0.263 bits per heavy atom. The topological polar surface area (TPSA) is 78.9 Å². The van der Waals surface area contributed by atoms with Crippen LogP contribution in [0.15, 0.2) is 36.5 Å². The van der Waals surface area contributed by atoms with Gasteiger partial charge in [-0.15, -0.1) is 0 Å². The third kappa shape index (κ3) is 62.5. The van der Waals surface area contributed by atoms with E-state index in [2.05, 4.69) is 57.2 Å². The van der Waals surface area contributed by atoms with Crippen LogP contribution in [0.1, 0.15) is 374 Å². The van der Waals surface area contributed by atoms with E-state index in [-0.39, 0.29) is 31.1 Å². The first-order valence-corrected chi connectivity index (χ1v) is 34.0. The number of carbonyl (C=O) groups is 3. The predicted molar refractivity (Wildman–Crippen MR) is 330 cm³/mol. The summed E-state index contributed by atoms with van der Waals surface area (Å²) in [6.45, 7) is 6.68. The van der Waals surface area contributed by atoms with Crippen LogP contribution in [0.3, 0.4) is 0 Å². The fourth-order valence-electron chi connectivity index (χ4n) is 10.2. The zero-order chi connectivity index (χ0) is 55.0. The average molecular weight is 1070 g/mol. The number of esters is 3. The number of rotatable bonds is 63. The zero-order valence-electron chi connectivity index (χ0n) is 51.3. The Morgan fingerprint density at radius 3 is 0.750 bits per heavy atom. The summed E-state index contributed by atoms with van der Waals surface area (Å²) in [6.07, 6.45) is 80.2. The molecule has 0 aliphatic carbocycles. The average Bonchev–Trinajstić information content (AvgIpc) is 3.42. The number of hydrogen-bond donors (Lipinski definition) is 0. The highest BCUT2D eigenvalue weighted by molar-refractivity contribution is 5.71. The maximum Gasteiger partial charge on any atom is 0.306 e. The van der Waals surface area contributed by atoms with E-state index in [4.69, 9.17) is 14.2 Å². The first-order chi connectivity index (χ1) is 37.5. The molecule has 76 heavy (non-hydrogen) atoms. The van der Waals surface area contributed by atoms with E-state index in [1.165, 1.54) is 263 Å².